The molecule has 3 N–H and O–H groups in total. The maximum atomic E-state index is 13.1. The van der Waals surface area contributed by atoms with Crippen molar-refractivity contribution in [2.45, 2.75) is 0 Å². The van der Waals surface area contributed by atoms with E-state index in [1.165, 1.54) is 6.07 Å². The second kappa shape index (κ2) is 3.59. The van der Waals surface area contributed by atoms with E-state index in [1.54, 1.807) is 6.07 Å². The Morgan fingerprint density at radius 3 is 2.93 bits per heavy atom. The summed E-state index contributed by atoms with van der Waals surface area (Å²) in [7, 11) is 0. The van der Waals surface area contributed by atoms with Gasteiger partial charge in [0.1, 0.15) is 0 Å². The number of hydrogen-bond donors (Lipinski definition) is 2. The van der Waals surface area contributed by atoms with E-state index >= 15 is 0 Å². The molecule has 2 aromatic rings. The number of nitrogens with zero attached hydrogens (tertiary/aromatic N) is 2. The van der Waals surface area contributed by atoms with E-state index < -0.39 is 5.82 Å². The van der Waals surface area contributed by atoms with E-state index in [1.807, 2.05) is 0 Å². The molecule has 1 aromatic carbocycles. The third-order valence-electron chi connectivity index (χ3n) is 1.83. The molecular formula is C8H9FN4O. The molecule has 0 atom stereocenters. The number of halogens is 1. The van der Waals surface area contributed by atoms with Crippen LogP contribution < -0.4 is 11.1 Å². The third-order valence-corrected chi connectivity index (χ3v) is 1.83. The Kier molecular flexibility index (Phi) is 2.28. The Morgan fingerprint density at radius 1 is 1.36 bits per heavy atom. The molecule has 1 heterocycles. The minimum absolute atomic E-state index is 0.132. The maximum Gasteiger partial charge on any atom is 0.172 e. The van der Waals surface area contributed by atoms with Crippen LogP contribution >= 0.6 is 0 Å². The van der Waals surface area contributed by atoms with Crippen LogP contribution in [-0.4, -0.2) is 23.4 Å². The number of aromatic nitrogens is 2. The molecule has 14 heavy (non-hydrogen) atoms. The first-order valence-corrected chi connectivity index (χ1v) is 4.17. The zero-order chi connectivity index (χ0) is 9.97. The first-order valence-electron chi connectivity index (χ1n) is 4.17. The molecule has 0 saturated heterocycles. The van der Waals surface area contributed by atoms with Crippen LogP contribution in [0.2, 0.25) is 0 Å². The van der Waals surface area contributed by atoms with Gasteiger partial charge in [-0.1, -0.05) is 0 Å². The average molecular weight is 196 g/mol. The molecule has 2 rings (SSSR count). The molecule has 5 nitrogen and oxygen atoms in total. The van der Waals surface area contributed by atoms with Crippen LogP contribution in [0.5, 0.6) is 0 Å². The van der Waals surface area contributed by atoms with Gasteiger partial charge < -0.3 is 11.1 Å². The van der Waals surface area contributed by atoms with E-state index in [0.717, 1.165) is 0 Å². The van der Waals surface area contributed by atoms with Crippen molar-refractivity contribution in [2.24, 2.45) is 5.73 Å². The summed E-state index contributed by atoms with van der Waals surface area (Å²) in [5.41, 5.74) is 6.52. The van der Waals surface area contributed by atoms with Crippen LogP contribution in [0.4, 0.5) is 10.1 Å². The largest absolute Gasteiger partial charge is 0.382 e. The van der Waals surface area contributed by atoms with Gasteiger partial charge in [0.2, 0.25) is 0 Å². The number of anilines is 1. The van der Waals surface area contributed by atoms with Gasteiger partial charge in [-0.15, -0.1) is 0 Å². The monoisotopic (exact) mass is 196 g/mol. The molecule has 6 heteroatoms. The number of nitrogens with one attached hydrogen (secondary N) is 1. The standard InChI is InChI=1S/C8H9FN4O/c9-5-1-2-6(11-4-3-10)8-7(5)12-14-13-8/h1-2,11H,3-4,10H2. The Labute approximate surface area is 79.0 Å². The Morgan fingerprint density at radius 2 is 2.14 bits per heavy atom. The highest BCUT2D eigenvalue weighted by atomic mass is 19.1. The lowest BCUT2D eigenvalue weighted by Crippen LogP contribution is -2.13. The minimum Gasteiger partial charge on any atom is -0.382 e. The topological polar surface area (TPSA) is 77.0 Å². The van der Waals surface area contributed by atoms with Crippen molar-refractivity contribution in [2.75, 3.05) is 18.4 Å². The highest BCUT2D eigenvalue weighted by Gasteiger charge is 2.10. The van der Waals surface area contributed by atoms with Crippen LogP contribution in [0.3, 0.4) is 0 Å². The van der Waals surface area contributed by atoms with Gasteiger partial charge in [0.15, 0.2) is 16.9 Å². The Hall–Kier alpha value is -1.69. The lowest BCUT2D eigenvalue weighted by molar-refractivity contribution is 0.314. The fraction of sp³-hybridized carbons (Fsp3) is 0.250. The highest BCUT2D eigenvalue weighted by molar-refractivity contribution is 5.87. The van der Waals surface area contributed by atoms with Gasteiger partial charge in [-0.25, -0.2) is 9.02 Å². The summed E-state index contributed by atoms with van der Waals surface area (Å²) < 4.78 is 17.6. The summed E-state index contributed by atoms with van der Waals surface area (Å²) in [6.07, 6.45) is 0. The molecule has 0 aliphatic rings. The first-order chi connectivity index (χ1) is 6.83. The second-order valence-electron chi connectivity index (χ2n) is 2.77. The van der Waals surface area contributed by atoms with E-state index in [9.17, 15) is 4.39 Å². The molecule has 0 aliphatic heterocycles. The summed E-state index contributed by atoms with van der Waals surface area (Å²) in [4.78, 5) is 0. The molecular weight excluding hydrogens is 187 g/mol. The van der Waals surface area contributed by atoms with Gasteiger partial charge in [-0.2, -0.15) is 0 Å². The first kappa shape index (κ1) is 8.89. The van der Waals surface area contributed by atoms with Gasteiger partial charge in [0.05, 0.1) is 5.69 Å². The summed E-state index contributed by atoms with van der Waals surface area (Å²) in [6.45, 7) is 1.08. The van der Waals surface area contributed by atoms with E-state index in [0.29, 0.717) is 24.3 Å². The van der Waals surface area contributed by atoms with Gasteiger partial charge in [-0.3, -0.25) is 0 Å². The summed E-state index contributed by atoms with van der Waals surface area (Å²) >= 11 is 0. The molecule has 0 bridgehead atoms. The summed E-state index contributed by atoms with van der Waals surface area (Å²) in [5.74, 6) is -0.445. The fourth-order valence-corrected chi connectivity index (χ4v) is 1.19. The van der Waals surface area contributed by atoms with E-state index in [2.05, 4.69) is 20.3 Å². The van der Waals surface area contributed by atoms with Crippen LogP contribution in [0.15, 0.2) is 16.8 Å². The van der Waals surface area contributed by atoms with Crippen LogP contribution in [0.1, 0.15) is 0 Å². The molecule has 0 saturated carbocycles. The van der Waals surface area contributed by atoms with Crippen molar-refractivity contribution in [3.8, 4) is 0 Å². The molecule has 1 aromatic heterocycles. The lowest BCUT2D eigenvalue weighted by atomic mass is 10.2. The zero-order valence-corrected chi connectivity index (χ0v) is 7.33. The number of rotatable bonds is 3. The predicted molar refractivity (Wildman–Crippen MR) is 49.3 cm³/mol. The van der Waals surface area contributed by atoms with Gasteiger partial charge in [-0.05, 0) is 22.4 Å². The minimum atomic E-state index is -0.445. The predicted octanol–water partition coefficient (Wildman–Crippen LogP) is 0.732. The van der Waals surface area contributed by atoms with Crippen LogP contribution in [0.25, 0.3) is 11.0 Å². The van der Waals surface area contributed by atoms with Gasteiger partial charge >= 0.3 is 0 Å². The molecule has 0 amide bonds. The maximum absolute atomic E-state index is 13.1. The lowest BCUT2D eigenvalue weighted by Gasteiger charge is -2.03. The Balaban J connectivity index is 2.45. The number of nitrogens with two attached hydrogens (primary N) is 1. The molecule has 0 unspecified atom stereocenters. The van der Waals surface area contributed by atoms with Crippen molar-refractivity contribution in [3.63, 3.8) is 0 Å². The van der Waals surface area contributed by atoms with Crippen molar-refractivity contribution < 1.29 is 9.02 Å². The molecule has 0 fully saturated rings. The number of fused-ring (bicyclic) bond motifs is 1. The second-order valence-corrected chi connectivity index (χ2v) is 2.77. The molecule has 0 radical (unpaired) electrons. The normalized spacial score (nSPS) is 10.7. The number of hydrogen-bond acceptors (Lipinski definition) is 5. The van der Waals surface area contributed by atoms with Crippen molar-refractivity contribution >= 4 is 16.7 Å². The summed E-state index contributed by atoms with van der Waals surface area (Å²) in [6, 6.07) is 2.89. The van der Waals surface area contributed by atoms with Gasteiger partial charge in [0, 0.05) is 13.1 Å². The fourth-order valence-electron chi connectivity index (χ4n) is 1.19. The van der Waals surface area contributed by atoms with Gasteiger partial charge in [0.25, 0.3) is 0 Å². The zero-order valence-electron chi connectivity index (χ0n) is 7.33. The highest BCUT2D eigenvalue weighted by Crippen LogP contribution is 2.22. The number of benzene rings is 1. The van der Waals surface area contributed by atoms with Crippen molar-refractivity contribution in [3.05, 3.63) is 17.9 Å². The molecule has 0 aliphatic carbocycles. The van der Waals surface area contributed by atoms with Crippen molar-refractivity contribution in [1.82, 2.24) is 10.3 Å². The molecule has 0 spiro atoms. The average Bonchev–Trinajstić information content (AvgIpc) is 2.66. The van der Waals surface area contributed by atoms with Crippen LogP contribution in [0, 0.1) is 5.82 Å². The quantitative estimate of drug-likeness (QED) is 0.756. The van der Waals surface area contributed by atoms with E-state index in [4.69, 9.17) is 5.73 Å². The Bertz CT molecular complexity index is 442. The van der Waals surface area contributed by atoms with Crippen molar-refractivity contribution in [1.29, 1.82) is 0 Å². The van der Waals surface area contributed by atoms with Crippen LogP contribution in [-0.2, 0) is 0 Å². The van der Waals surface area contributed by atoms with E-state index in [-0.39, 0.29) is 5.52 Å². The smallest absolute Gasteiger partial charge is 0.172 e. The SMILES string of the molecule is NCCNc1ccc(F)c2nonc12. The third kappa shape index (κ3) is 1.39. The summed E-state index contributed by atoms with van der Waals surface area (Å²) in [5, 5.41) is 10.1. The molecule has 74 valence electrons.